The Morgan fingerprint density at radius 3 is 1.27 bits per heavy atom. The smallest absolute Gasteiger partial charge is 0.0906 e. The van der Waals surface area contributed by atoms with E-state index in [4.69, 9.17) is 0 Å². The van der Waals surface area contributed by atoms with E-state index in [1.54, 1.807) is 0 Å². The summed E-state index contributed by atoms with van der Waals surface area (Å²) in [5, 5.41) is 29.0. The van der Waals surface area contributed by atoms with Crippen LogP contribution in [0.3, 0.4) is 0 Å². The molecule has 0 aromatic rings. The van der Waals surface area contributed by atoms with Crippen LogP contribution in [-0.4, -0.2) is 58.7 Å². The van der Waals surface area contributed by atoms with Crippen LogP contribution in [-0.2, 0) is 0 Å². The van der Waals surface area contributed by atoms with Gasteiger partial charge in [-0.25, -0.2) is 0 Å². The first-order valence-electron chi connectivity index (χ1n) is 9.28. The van der Waals surface area contributed by atoms with Crippen molar-refractivity contribution in [2.45, 2.75) is 83.6 Å². The van der Waals surface area contributed by atoms with Crippen molar-refractivity contribution in [1.82, 2.24) is 4.90 Å². The minimum absolute atomic E-state index is 0.191. The fraction of sp³-hybridized carbons (Fsp3) is 1.00. The van der Waals surface area contributed by atoms with Gasteiger partial charge in [0.15, 0.2) is 0 Å². The molecule has 0 aliphatic heterocycles. The third-order valence-corrected chi connectivity index (χ3v) is 4.62. The lowest BCUT2D eigenvalue weighted by Crippen LogP contribution is -2.57. The SMILES string of the molecule is CCCCCCCN(CCCCCCC)C(CO)(CO)CO. The number of hydrogen-bond acceptors (Lipinski definition) is 4. The minimum atomic E-state index is -0.866. The van der Waals surface area contributed by atoms with E-state index in [1.807, 2.05) is 0 Å². The minimum Gasteiger partial charge on any atom is -0.394 e. The van der Waals surface area contributed by atoms with Gasteiger partial charge in [0.2, 0.25) is 0 Å². The zero-order valence-corrected chi connectivity index (χ0v) is 14.9. The number of rotatable bonds is 16. The van der Waals surface area contributed by atoms with Crippen LogP contribution in [0.5, 0.6) is 0 Å². The number of aliphatic hydroxyl groups excluding tert-OH is 3. The highest BCUT2D eigenvalue weighted by Gasteiger charge is 2.34. The average Bonchev–Trinajstić information content (AvgIpc) is 2.55. The Morgan fingerprint density at radius 2 is 0.955 bits per heavy atom. The van der Waals surface area contributed by atoms with E-state index < -0.39 is 5.54 Å². The molecular formula is C18H39NO3. The van der Waals surface area contributed by atoms with Crippen molar-refractivity contribution in [2.75, 3.05) is 32.9 Å². The highest BCUT2D eigenvalue weighted by atomic mass is 16.3. The number of aliphatic hydroxyl groups is 3. The third-order valence-electron chi connectivity index (χ3n) is 4.62. The standard InChI is InChI=1S/C18H39NO3/c1-3-5-7-9-11-13-19(14-12-10-8-6-4-2)18(15-20,16-21)17-22/h20-22H,3-17H2,1-2H3. The lowest BCUT2D eigenvalue weighted by Gasteiger charge is -2.40. The van der Waals surface area contributed by atoms with Gasteiger partial charge in [-0.05, 0) is 25.9 Å². The molecule has 0 fully saturated rings. The maximum Gasteiger partial charge on any atom is 0.0906 e. The van der Waals surface area contributed by atoms with E-state index in [0.29, 0.717) is 0 Å². The number of nitrogens with zero attached hydrogens (tertiary/aromatic N) is 1. The molecule has 0 radical (unpaired) electrons. The van der Waals surface area contributed by atoms with Crippen molar-refractivity contribution in [3.05, 3.63) is 0 Å². The van der Waals surface area contributed by atoms with Crippen LogP contribution in [0.4, 0.5) is 0 Å². The second-order valence-electron chi connectivity index (χ2n) is 6.51. The highest BCUT2D eigenvalue weighted by molar-refractivity contribution is 4.89. The molecule has 0 aliphatic rings. The molecule has 0 aromatic heterocycles. The van der Waals surface area contributed by atoms with E-state index in [-0.39, 0.29) is 19.8 Å². The van der Waals surface area contributed by atoms with Gasteiger partial charge in [-0.15, -0.1) is 0 Å². The van der Waals surface area contributed by atoms with Crippen LogP contribution in [0.25, 0.3) is 0 Å². The van der Waals surface area contributed by atoms with Crippen molar-refractivity contribution in [3.63, 3.8) is 0 Å². The summed E-state index contributed by atoms with van der Waals surface area (Å²) < 4.78 is 0. The molecule has 3 N–H and O–H groups in total. The second-order valence-corrected chi connectivity index (χ2v) is 6.51. The van der Waals surface area contributed by atoms with Crippen LogP contribution >= 0.6 is 0 Å². The maximum absolute atomic E-state index is 9.67. The maximum atomic E-state index is 9.67. The summed E-state index contributed by atoms with van der Waals surface area (Å²) in [6.07, 6.45) is 12.0. The summed E-state index contributed by atoms with van der Waals surface area (Å²) >= 11 is 0. The Morgan fingerprint density at radius 1 is 0.591 bits per heavy atom. The molecule has 0 rings (SSSR count). The largest absolute Gasteiger partial charge is 0.394 e. The van der Waals surface area contributed by atoms with Crippen molar-refractivity contribution < 1.29 is 15.3 Å². The molecule has 22 heavy (non-hydrogen) atoms. The second kappa shape index (κ2) is 14.4. The van der Waals surface area contributed by atoms with E-state index >= 15 is 0 Å². The Balaban J connectivity index is 4.35. The molecule has 4 heteroatoms. The summed E-state index contributed by atoms with van der Waals surface area (Å²) in [5.41, 5.74) is -0.866. The van der Waals surface area contributed by atoms with Crippen LogP contribution < -0.4 is 0 Å². The topological polar surface area (TPSA) is 63.9 Å². The monoisotopic (exact) mass is 317 g/mol. The van der Waals surface area contributed by atoms with E-state index in [0.717, 1.165) is 25.9 Å². The Kier molecular flexibility index (Phi) is 14.3. The quantitative estimate of drug-likeness (QED) is 0.383. The fourth-order valence-corrected chi connectivity index (χ4v) is 2.85. The third kappa shape index (κ3) is 8.47. The molecule has 0 aliphatic carbocycles. The molecule has 0 spiro atoms. The first kappa shape index (κ1) is 21.8. The number of hydrogen-bond donors (Lipinski definition) is 3. The van der Waals surface area contributed by atoms with Crippen molar-refractivity contribution >= 4 is 0 Å². The lowest BCUT2D eigenvalue weighted by atomic mass is 9.98. The van der Waals surface area contributed by atoms with Crippen LogP contribution in [0.1, 0.15) is 78.1 Å². The molecule has 0 amide bonds. The van der Waals surface area contributed by atoms with Crippen molar-refractivity contribution in [1.29, 1.82) is 0 Å². The molecule has 0 bridgehead atoms. The average molecular weight is 318 g/mol. The summed E-state index contributed by atoms with van der Waals surface area (Å²) in [5.74, 6) is 0. The highest BCUT2D eigenvalue weighted by Crippen LogP contribution is 2.18. The normalized spacial score (nSPS) is 12.3. The van der Waals surface area contributed by atoms with E-state index in [2.05, 4.69) is 18.7 Å². The van der Waals surface area contributed by atoms with Gasteiger partial charge in [-0.2, -0.15) is 0 Å². The molecule has 0 saturated heterocycles. The predicted molar refractivity (Wildman–Crippen MR) is 93.1 cm³/mol. The molecule has 0 aromatic carbocycles. The van der Waals surface area contributed by atoms with E-state index in [1.165, 1.54) is 51.4 Å². The van der Waals surface area contributed by atoms with Gasteiger partial charge in [0.05, 0.1) is 25.4 Å². The molecular weight excluding hydrogens is 278 g/mol. The zero-order valence-electron chi connectivity index (χ0n) is 14.9. The molecule has 0 unspecified atom stereocenters. The van der Waals surface area contributed by atoms with Gasteiger partial charge in [-0.3, -0.25) is 4.90 Å². The summed E-state index contributed by atoms with van der Waals surface area (Å²) in [6, 6.07) is 0. The fourth-order valence-electron chi connectivity index (χ4n) is 2.85. The summed E-state index contributed by atoms with van der Waals surface area (Å²) in [4.78, 5) is 2.12. The van der Waals surface area contributed by atoms with Gasteiger partial charge in [0.1, 0.15) is 0 Å². The van der Waals surface area contributed by atoms with Crippen molar-refractivity contribution in [2.24, 2.45) is 0 Å². The Labute approximate surface area is 137 Å². The van der Waals surface area contributed by atoms with Crippen molar-refractivity contribution in [3.8, 4) is 0 Å². The first-order valence-corrected chi connectivity index (χ1v) is 9.28. The first-order chi connectivity index (χ1) is 10.7. The van der Waals surface area contributed by atoms with Gasteiger partial charge in [0.25, 0.3) is 0 Å². The Bertz CT molecular complexity index is 210. The molecule has 0 atom stereocenters. The van der Waals surface area contributed by atoms with Crippen LogP contribution in [0.15, 0.2) is 0 Å². The van der Waals surface area contributed by atoms with Gasteiger partial charge in [0, 0.05) is 0 Å². The molecule has 0 saturated carbocycles. The molecule has 0 heterocycles. The molecule has 4 nitrogen and oxygen atoms in total. The van der Waals surface area contributed by atoms with Gasteiger partial charge >= 0.3 is 0 Å². The van der Waals surface area contributed by atoms with Crippen LogP contribution in [0, 0.1) is 0 Å². The lowest BCUT2D eigenvalue weighted by molar-refractivity contribution is -0.0491. The molecule has 134 valence electrons. The van der Waals surface area contributed by atoms with Gasteiger partial charge < -0.3 is 15.3 Å². The zero-order chi connectivity index (χ0) is 16.7. The number of unbranched alkanes of at least 4 members (excludes halogenated alkanes) is 8. The van der Waals surface area contributed by atoms with E-state index in [9.17, 15) is 15.3 Å². The predicted octanol–water partition coefficient (Wildman–Crippen LogP) is 2.94. The van der Waals surface area contributed by atoms with Crippen LogP contribution in [0.2, 0.25) is 0 Å². The van der Waals surface area contributed by atoms with Gasteiger partial charge in [-0.1, -0.05) is 65.2 Å². The summed E-state index contributed by atoms with van der Waals surface area (Å²) in [6.45, 7) is 5.53. The Hall–Kier alpha value is -0.160. The summed E-state index contributed by atoms with van der Waals surface area (Å²) in [7, 11) is 0.